The van der Waals surface area contributed by atoms with E-state index in [1.54, 1.807) is 30.9 Å². The normalized spacial score (nSPS) is 14.5. The van der Waals surface area contributed by atoms with Gasteiger partial charge in [-0.05, 0) is 38.8 Å². The number of anilines is 1. The fourth-order valence-corrected chi connectivity index (χ4v) is 4.54. The highest BCUT2D eigenvalue weighted by atomic mass is 32.1. The Labute approximate surface area is 184 Å². The summed E-state index contributed by atoms with van der Waals surface area (Å²) in [7, 11) is 0. The average molecular weight is 441 g/mol. The van der Waals surface area contributed by atoms with E-state index < -0.39 is 5.54 Å². The molecule has 162 valence electrons. The van der Waals surface area contributed by atoms with Crippen LogP contribution >= 0.6 is 11.3 Å². The van der Waals surface area contributed by atoms with Crippen molar-refractivity contribution >= 4 is 23.2 Å². The molecule has 1 aliphatic rings. The lowest BCUT2D eigenvalue weighted by molar-refractivity contribution is -0.124. The van der Waals surface area contributed by atoms with Crippen molar-refractivity contribution in [3.05, 3.63) is 53.3 Å². The van der Waals surface area contributed by atoms with Gasteiger partial charge >= 0.3 is 0 Å². The van der Waals surface area contributed by atoms with E-state index in [-0.39, 0.29) is 17.6 Å². The molecule has 0 saturated heterocycles. The van der Waals surface area contributed by atoms with Gasteiger partial charge in [0.05, 0.1) is 12.1 Å². The topological polar surface area (TPSA) is 92.7 Å². The number of nitrogens with one attached hydrogen (secondary N) is 2. The van der Waals surface area contributed by atoms with E-state index >= 15 is 0 Å². The second kappa shape index (κ2) is 9.05. The zero-order valence-electron chi connectivity index (χ0n) is 17.6. The standard InChI is InChI=1S/C22H25FN6OS/c1-22(2,18-17(23)8-5-9-24-18)29-21-27-10-15(11-28-21)20-26-13-16(31-20)12-25-19(30)14-6-3-4-7-14/h5,8-11,13-14H,3-4,6-7,12H2,1-2H3,(H,25,30)(H,27,28,29). The second-order valence-corrected chi connectivity index (χ2v) is 9.33. The lowest BCUT2D eigenvalue weighted by Crippen LogP contribution is -2.31. The van der Waals surface area contributed by atoms with Crippen molar-refractivity contribution in [1.82, 2.24) is 25.3 Å². The van der Waals surface area contributed by atoms with Crippen LogP contribution in [-0.2, 0) is 16.9 Å². The molecule has 3 aromatic rings. The van der Waals surface area contributed by atoms with E-state index in [2.05, 4.69) is 30.6 Å². The third kappa shape index (κ3) is 5.04. The summed E-state index contributed by atoms with van der Waals surface area (Å²) in [6, 6.07) is 2.94. The minimum Gasteiger partial charge on any atom is -0.351 e. The molecular formula is C22H25FN6OS. The highest BCUT2D eigenvalue weighted by Gasteiger charge is 2.26. The van der Waals surface area contributed by atoms with Crippen LogP contribution in [0.4, 0.5) is 10.3 Å². The fourth-order valence-electron chi connectivity index (χ4n) is 3.72. The molecule has 3 heterocycles. The zero-order valence-corrected chi connectivity index (χ0v) is 18.4. The van der Waals surface area contributed by atoms with Crippen LogP contribution in [0.15, 0.2) is 36.9 Å². The minimum atomic E-state index is -0.779. The first-order chi connectivity index (χ1) is 14.9. The summed E-state index contributed by atoms with van der Waals surface area (Å²) in [5.41, 5.74) is 0.302. The van der Waals surface area contributed by atoms with Gasteiger partial charge in [-0.2, -0.15) is 0 Å². The molecule has 1 fully saturated rings. The van der Waals surface area contributed by atoms with E-state index in [1.807, 2.05) is 13.8 Å². The summed E-state index contributed by atoms with van der Waals surface area (Å²) >= 11 is 1.50. The molecule has 4 rings (SSSR count). The number of hydrogen-bond donors (Lipinski definition) is 2. The molecule has 1 amide bonds. The predicted molar refractivity (Wildman–Crippen MR) is 118 cm³/mol. The summed E-state index contributed by atoms with van der Waals surface area (Å²) in [4.78, 5) is 30.5. The number of hydrogen-bond acceptors (Lipinski definition) is 7. The van der Waals surface area contributed by atoms with Crippen molar-refractivity contribution in [2.75, 3.05) is 5.32 Å². The van der Waals surface area contributed by atoms with Gasteiger partial charge in [-0.3, -0.25) is 9.78 Å². The highest BCUT2D eigenvalue weighted by molar-refractivity contribution is 7.15. The fraction of sp³-hybridized carbons (Fsp3) is 0.409. The third-order valence-corrected chi connectivity index (χ3v) is 6.44. The molecule has 1 aliphatic carbocycles. The second-order valence-electron chi connectivity index (χ2n) is 8.21. The number of pyridine rings is 1. The van der Waals surface area contributed by atoms with Crippen molar-refractivity contribution in [2.24, 2.45) is 5.92 Å². The smallest absolute Gasteiger partial charge is 0.223 e. The number of aromatic nitrogens is 4. The minimum absolute atomic E-state index is 0.137. The third-order valence-electron chi connectivity index (χ3n) is 5.39. The van der Waals surface area contributed by atoms with Gasteiger partial charge in [0.2, 0.25) is 11.9 Å². The Bertz CT molecular complexity index is 1050. The van der Waals surface area contributed by atoms with Gasteiger partial charge in [-0.25, -0.2) is 19.3 Å². The summed E-state index contributed by atoms with van der Waals surface area (Å²) in [5, 5.41) is 6.93. The summed E-state index contributed by atoms with van der Waals surface area (Å²) in [5.74, 6) is 0.286. The number of amides is 1. The number of rotatable bonds is 7. The van der Waals surface area contributed by atoms with Gasteiger partial charge in [0.25, 0.3) is 0 Å². The lowest BCUT2D eigenvalue weighted by atomic mass is 9.99. The van der Waals surface area contributed by atoms with Crippen LogP contribution in [-0.4, -0.2) is 25.8 Å². The number of thiazole rings is 1. The maximum Gasteiger partial charge on any atom is 0.223 e. The Morgan fingerprint density at radius 3 is 2.61 bits per heavy atom. The van der Waals surface area contributed by atoms with Crippen LogP contribution in [0.1, 0.15) is 50.1 Å². The Balaban J connectivity index is 1.38. The van der Waals surface area contributed by atoms with Gasteiger partial charge in [0, 0.05) is 41.1 Å². The Kier molecular flexibility index (Phi) is 6.22. The van der Waals surface area contributed by atoms with E-state index in [0.29, 0.717) is 18.2 Å². The molecule has 0 aliphatic heterocycles. The molecule has 7 nitrogen and oxygen atoms in total. The van der Waals surface area contributed by atoms with E-state index in [0.717, 1.165) is 41.1 Å². The quantitative estimate of drug-likeness (QED) is 0.569. The molecule has 3 aromatic heterocycles. The van der Waals surface area contributed by atoms with Crippen LogP contribution in [0.25, 0.3) is 10.6 Å². The molecule has 0 aromatic carbocycles. The van der Waals surface area contributed by atoms with Crippen molar-refractivity contribution < 1.29 is 9.18 Å². The molecule has 2 N–H and O–H groups in total. The van der Waals surface area contributed by atoms with E-state index in [9.17, 15) is 9.18 Å². The first kappa shape index (κ1) is 21.3. The molecule has 0 bridgehead atoms. The molecular weight excluding hydrogens is 415 g/mol. The van der Waals surface area contributed by atoms with Crippen molar-refractivity contribution in [3.63, 3.8) is 0 Å². The van der Waals surface area contributed by atoms with Crippen LogP contribution in [0.5, 0.6) is 0 Å². The van der Waals surface area contributed by atoms with E-state index in [4.69, 9.17) is 0 Å². The number of carbonyl (C=O) groups is 1. The molecule has 1 saturated carbocycles. The van der Waals surface area contributed by atoms with Gasteiger partial charge in [0.15, 0.2) is 0 Å². The number of carbonyl (C=O) groups excluding carboxylic acids is 1. The van der Waals surface area contributed by atoms with Crippen LogP contribution in [0.3, 0.4) is 0 Å². The number of nitrogens with zero attached hydrogens (tertiary/aromatic N) is 4. The highest BCUT2D eigenvalue weighted by Crippen LogP contribution is 2.28. The predicted octanol–water partition coefficient (Wildman–Crippen LogP) is 4.29. The van der Waals surface area contributed by atoms with Crippen LogP contribution < -0.4 is 10.6 Å². The van der Waals surface area contributed by atoms with Gasteiger partial charge < -0.3 is 10.6 Å². The van der Waals surface area contributed by atoms with Gasteiger partial charge in [0.1, 0.15) is 16.5 Å². The monoisotopic (exact) mass is 440 g/mol. The molecule has 0 spiro atoms. The number of halogens is 1. The maximum absolute atomic E-state index is 14.1. The van der Waals surface area contributed by atoms with Gasteiger partial charge in [-0.15, -0.1) is 11.3 Å². The largest absolute Gasteiger partial charge is 0.351 e. The first-order valence-electron chi connectivity index (χ1n) is 10.4. The lowest BCUT2D eigenvalue weighted by Gasteiger charge is -2.25. The van der Waals surface area contributed by atoms with Crippen LogP contribution in [0, 0.1) is 11.7 Å². The maximum atomic E-state index is 14.1. The molecule has 0 atom stereocenters. The molecule has 0 unspecified atom stereocenters. The van der Waals surface area contributed by atoms with Crippen molar-refractivity contribution in [3.8, 4) is 10.6 Å². The Hall–Kier alpha value is -2.94. The SMILES string of the molecule is CC(C)(Nc1ncc(-c2ncc(CNC(=O)C3CCCC3)s2)cn1)c1ncccc1F. The van der Waals surface area contributed by atoms with Gasteiger partial charge in [-0.1, -0.05) is 12.8 Å². The molecule has 0 radical (unpaired) electrons. The summed E-state index contributed by atoms with van der Waals surface area (Å²) in [6.45, 7) is 4.13. The Morgan fingerprint density at radius 2 is 1.90 bits per heavy atom. The summed E-state index contributed by atoms with van der Waals surface area (Å²) in [6.07, 6.45) is 10.9. The van der Waals surface area contributed by atoms with Crippen LogP contribution in [0.2, 0.25) is 0 Å². The summed E-state index contributed by atoms with van der Waals surface area (Å²) < 4.78 is 14.1. The zero-order chi connectivity index (χ0) is 21.8. The van der Waals surface area contributed by atoms with E-state index in [1.165, 1.54) is 17.4 Å². The molecule has 31 heavy (non-hydrogen) atoms. The van der Waals surface area contributed by atoms with Crippen molar-refractivity contribution in [1.29, 1.82) is 0 Å². The first-order valence-corrected chi connectivity index (χ1v) is 11.2. The molecule has 9 heteroatoms. The average Bonchev–Trinajstić information content (AvgIpc) is 3.45. The van der Waals surface area contributed by atoms with Crippen molar-refractivity contribution in [2.45, 2.75) is 51.6 Å². The Morgan fingerprint density at radius 1 is 1.16 bits per heavy atom.